The fraction of sp³-hybridized carbons (Fsp3) is 0.286. The molecule has 0 saturated heterocycles. The maximum Gasteiger partial charge on any atom is 0.308 e. The molecule has 0 bridgehead atoms. The van der Waals surface area contributed by atoms with E-state index >= 15 is 0 Å². The van der Waals surface area contributed by atoms with Gasteiger partial charge in [0.25, 0.3) is 11.8 Å². The van der Waals surface area contributed by atoms with Gasteiger partial charge >= 0.3 is 5.97 Å². The van der Waals surface area contributed by atoms with Gasteiger partial charge in [-0.1, -0.05) is 24.3 Å². The minimum Gasteiger partial charge on any atom is -0.496 e. The van der Waals surface area contributed by atoms with Gasteiger partial charge in [-0.2, -0.15) is 0 Å². The SMILES string of the molecule is COc1ccccc1CC(CNC(=O)c1cccc(C(=O)N(C)C)c1)C(=O)O. The summed E-state index contributed by atoms with van der Waals surface area (Å²) < 4.78 is 5.26. The molecule has 0 heterocycles. The second-order valence-electron chi connectivity index (χ2n) is 6.54. The van der Waals surface area contributed by atoms with Crippen molar-refractivity contribution in [2.45, 2.75) is 6.42 Å². The summed E-state index contributed by atoms with van der Waals surface area (Å²) in [5, 5.41) is 12.2. The average molecular weight is 384 g/mol. The molecule has 0 aliphatic rings. The van der Waals surface area contributed by atoms with E-state index in [1.807, 2.05) is 12.1 Å². The number of methoxy groups -OCH3 is 1. The minimum atomic E-state index is -1.01. The highest BCUT2D eigenvalue weighted by molar-refractivity contribution is 5.99. The third kappa shape index (κ3) is 5.33. The topological polar surface area (TPSA) is 95.9 Å². The Kier molecular flexibility index (Phi) is 7.14. The standard InChI is InChI=1S/C21H24N2O5/c1-23(2)20(25)16-9-6-8-15(12-16)19(24)22-13-17(21(26)27)11-14-7-4-5-10-18(14)28-3/h4-10,12,17H,11,13H2,1-3H3,(H,22,24)(H,26,27). The zero-order chi connectivity index (χ0) is 20.7. The number of carbonyl (C=O) groups is 3. The van der Waals surface area contributed by atoms with E-state index in [-0.39, 0.29) is 18.9 Å². The summed E-state index contributed by atoms with van der Waals surface area (Å²) in [5.74, 6) is -1.86. The molecule has 28 heavy (non-hydrogen) atoms. The summed E-state index contributed by atoms with van der Waals surface area (Å²) in [5.41, 5.74) is 1.45. The number of nitrogens with one attached hydrogen (secondary N) is 1. The molecule has 2 aromatic carbocycles. The monoisotopic (exact) mass is 384 g/mol. The Bertz CT molecular complexity index is 863. The molecule has 2 aromatic rings. The molecule has 0 aliphatic heterocycles. The van der Waals surface area contributed by atoms with Crippen LogP contribution in [0, 0.1) is 5.92 Å². The van der Waals surface area contributed by atoms with Gasteiger partial charge in [-0.25, -0.2) is 0 Å². The Morgan fingerprint density at radius 1 is 1.07 bits per heavy atom. The number of carboxylic acid groups (broad SMARTS) is 1. The molecule has 0 aliphatic carbocycles. The van der Waals surface area contributed by atoms with Gasteiger partial charge in [0.1, 0.15) is 5.75 Å². The van der Waals surface area contributed by atoms with Crippen molar-refractivity contribution in [1.82, 2.24) is 10.2 Å². The van der Waals surface area contributed by atoms with Crippen LogP contribution in [-0.2, 0) is 11.2 Å². The first kappa shape index (κ1) is 21.0. The predicted octanol–water partition coefficient (Wildman–Crippen LogP) is 2.07. The highest BCUT2D eigenvalue weighted by atomic mass is 16.5. The van der Waals surface area contributed by atoms with Crippen molar-refractivity contribution in [1.29, 1.82) is 0 Å². The van der Waals surface area contributed by atoms with Gasteiger partial charge in [0.2, 0.25) is 0 Å². The van der Waals surface area contributed by atoms with E-state index in [0.717, 1.165) is 5.56 Å². The van der Waals surface area contributed by atoms with E-state index in [4.69, 9.17) is 4.74 Å². The van der Waals surface area contributed by atoms with Crippen molar-refractivity contribution in [2.75, 3.05) is 27.7 Å². The molecule has 2 amide bonds. The third-order valence-electron chi connectivity index (χ3n) is 4.29. The number of rotatable bonds is 8. The Labute approximate surface area is 163 Å². The molecular formula is C21H24N2O5. The maximum atomic E-state index is 12.4. The van der Waals surface area contributed by atoms with Crippen molar-refractivity contribution in [3.8, 4) is 5.75 Å². The number of hydrogen-bond donors (Lipinski definition) is 2. The van der Waals surface area contributed by atoms with E-state index in [0.29, 0.717) is 16.9 Å². The second kappa shape index (κ2) is 9.55. The lowest BCUT2D eigenvalue weighted by Gasteiger charge is -2.16. The summed E-state index contributed by atoms with van der Waals surface area (Å²) in [4.78, 5) is 37.5. The van der Waals surface area contributed by atoms with Crippen LogP contribution in [-0.4, -0.2) is 55.5 Å². The number of aliphatic carboxylic acids is 1. The average Bonchev–Trinajstić information content (AvgIpc) is 2.70. The molecule has 148 valence electrons. The predicted molar refractivity (Wildman–Crippen MR) is 105 cm³/mol. The Morgan fingerprint density at radius 2 is 1.75 bits per heavy atom. The van der Waals surface area contributed by atoms with E-state index in [9.17, 15) is 19.5 Å². The van der Waals surface area contributed by atoms with E-state index < -0.39 is 17.8 Å². The summed E-state index contributed by atoms with van der Waals surface area (Å²) in [6, 6.07) is 13.5. The Hall–Kier alpha value is -3.35. The molecule has 1 atom stereocenters. The van der Waals surface area contributed by atoms with Gasteiger partial charge in [0, 0.05) is 31.8 Å². The first-order valence-corrected chi connectivity index (χ1v) is 8.78. The van der Waals surface area contributed by atoms with Crippen LogP contribution in [0.2, 0.25) is 0 Å². The number of nitrogens with zero attached hydrogens (tertiary/aromatic N) is 1. The molecule has 0 fully saturated rings. The number of benzene rings is 2. The normalized spacial score (nSPS) is 11.4. The Morgan fingerprint density at radius 3 is 2.39 bits per heavy atom. The van der Waals surface area contributed by atoms with Gasteiger partial charge < -0.3 is 20.1 Å². The zero-order valence-corrected chi connectivity index (χ0v) is 16.1. The zero-order valence-electron chi connectivity index (χ0n) is 16.1. The molecule has 1 unspecified atom stereocenters. The first-order chi connectivity index (χ1) is 13.3. The number of ether oxygens (including phenoxy) is 1. The summed E-state index contributed by atoms with van der Waals surface area (Å²) >= 11 is 0. The van der Waals surface area contributed by atoms with Crippen LogP contribution in [0.4, 0.5) is 0 Å². The largest absolute Gasteiger partial charge is 0.496 e. The summed E-state index contributed by atoms with van der Waals surface area (Å²) in [6.45, 7) is -0.0436. The molecule has 2 N–H and O–H groups in total. The van der Waals surface area contributed by atoms with E-state index in [1.54, 1.807) is 44.4 Å². The lowest BCUT2D eigenvalue weighted by atomic mass is 9.98. The number of amides is 2. The van der Waals surface area contributed by atoms with E-state index in [2.05, 4.69) is 5.32 Å². The highest BCUT2D eigenvalue weighted by Gasteiger charge is 2.21. The van der Waals surface area contributed by atoms with Gasteiger partial charge in [0.05, 0.1) is 13.0 Å². The van der Waals surface area contributed by atoms with Crippen LogP contribution in [0.15, 0.2) is 48.5 Å². The Balaban J connectivity index is 2.07. The second-order valence-corrected chi connectivity index (χ2v) is 6.54. The van der Waals surface area contributed by atoms with Crippen LogP contribution in [0.5, 0.6) is 5.75 Å². The molecule has 0 saturated carbocycles. The lowest BCUT2D eigenvalue weighted by Crippen LogP contribution is -2.34. The van der Waals surface area contributed by atoms with Gasteiger partial charge in [-0.05, 0) is 36.2 Å². The van der Waals surface area contributed by atoms with Crippen LogP contribution < -0.4 is 10.1 Å². The van der Waals surface area contributed by atoms with Crippen molar-refractivity contribution < 1.29 is 24.2 Å². The fourth-order valence-corrected chi connectivity index (χ4v) is 2.75. The van der Waals surface area contributed by atoms with Gasteiger partial charge in [-0.3, -0.25) is 14.4 Å². The molecule has 2 rings (SSSR count). The number of para-hydroxylation sites is 1. The van der Waals surface area contributed by atoms with Crippen LogP contribution >= 0.6 is 0 Å². The summed E-state index contributed by atoms with van der Waals surface area (Å²) in [6.07, 6.45) is 0.221. The molecular weight excluding hydrogens is 360 g/mol. The lowest BCUT2D eigenvalue weighted by molar-refractivity contribution is -0.141. The smallest absolute Gasteiger partial charge is 0.308 e. The van der Waals surface area contributed by atoms with Gasteiger partial charge in [-0.15, -0.1) is 0 Å². The number of carbonyl (C=O) groups excluding carboxylic acids is 2. The van der Waals surface area contributed by atoms with Crippen LogP contribution in [0.3, 0.4) is 0 Å². The van der Waals surface area contributed by atoms with E-state index in [1.165, 1.54) is 18.1 Å². The van der Waals surface area contributed by atoms with Crippen LogP contribution in [0.1, 0.15) is 26.3 Å². The molecule has 0 aromatic heterocycles. The first-order valence-electron chi connectivity index (χ1n) is 8.78. The van der Waals surface area contributed by atoms with Crippen molar-refractivity contribution in [3.63, 3.8) is 0 Å². The number of carboxylic acids is 1. The quantitative estimate of drug-likeness (QED) is 0.726. The highest BCUT2D eigenvalue weighted by Crippen LogP contribution is 2.21. The molecule has 7 heteroatoms. The molecule has 0 spiro atoms. The third-order valence-corrected chi connectivity index (χ3v) is 4.29. The minimum absolute atomic E-state index is 0.0436. The van der Waals surface area contributed by atoms with Crippen molar-refractivity contribution >= 4 is 17.8 Å². The van der Waals surface area contributed by atoms with Crippen molar-refractivity contribution in [2.24, 2.45) is 5.92 Å². The fourth-order valence-electron chi connectivity index (χ4n) is 2.75. The van der Waals surface area contributed by atoms with Crippen LogP contribution in [0.25, 0.3) is 0 Å². The molecule has 0 radical (unpaired) electrons. The molecule has 7 nitrogen and oxygen atoms in total. The maximum absolute atomic E-state index is 12.4. The summed E-state index contributed by atoms with van der Waals surface area (Å²) in [7, 11) is 4.78. The van der Waals surface area contributed by atoms with Crippen molar-refractivity contribution in [3.05, 3.63) is 65.2 Å². The van der Waals surface area contributed by atoms with Gasteiger partial charge in [0.15, 0.2) is 0 Å². The number of hydrogen-bond acceptors (Lipinski definition) is 4.